The highest BCUT2D eigenvalue weighted by Gasteiger charge is 2.26. The van der Waals surface area contributed by atoms with Crippen molar-refractivity contribution in [3.05, 3.63) is 0 Å². The van der Waals surface area contributed by atoms with Crippen molar-refractivity contribution in [1.29, 1.82) is 0 Å². The van der Waals surface area contributed by atoms with Crippen molar-refractivity contribution in [3.63, 3.8) is 0 Å². The summed E-state index contributed by atoms with van der Waals surface area (Å²) in [5.74, 6) is -1.66. The third-order valence-electron chi connectivity index (χ3n) is 2.20. The summed E-state index contributed by atoms with van der Waals surface area (Å²) in [6.45, 7) is 2.66. The Morgan fingerprint density at radius 3 is 2.11 bits per heavy atom. The Labute approximate surface area is 107 Å². The van der Waals surface area contributed by atoms with E-state index in [1.54, 1.807) is 7.11 Å². The molecular weight excluding hydrogens is 264 g/mol. The largest absolute Gasteiger partial charge is 0.480 e. The molecule has 1 unspecified atom stereocenters. The molecule has 0 saturated carbocycles. The Balaban J connectivity index is 3.63. The first-order valence-electron chi connectivity index (χ1n) is 5.50. The highest BCUT2D eigenvalue weighted by atomic mass is 32.2. The molecule has 1 atom stereocenters. The highest BCUT2D eigenvalue weighted by molar-refractivity contribution is 7.92. The molecule has 0 amide bonds. The van der Waals surface area contributed by atoms with Crippen molar-refractivity contribution in [2.24, 2.45) is 0 Å². The summed E-state index contributed by atoms with van der Waals surface area (Å²) in [5.41, 5.74) is 0. The third-order valence-corrected chi connectivity index (χ3v) is 4.22. The summed E-state index contributed by atoms with van der Waals surface area (Å²) in [7, 11) is -2.08. The van der Waals surface area contributed by atoms with Crippen LogP contribution < -0.4 is 0 Å². The van der Waals surface area contributed by atoms with Gasteiger partial charge in [-0.2, -0.15) is 0 Å². The second kappa shape index (κ2) is 9.26. The zero-order valence-electron chi connectivity index (χ0n) is 10.6. The van der Waals surface area contributed by atoms with Crippen LogP contribution in [0, 0.1) is 0 Å². The number of aliphatic carboxylic acids is 1. The first-order chi connectivity index (χ1) is 8.41. The third kappa shape index (κ3) is 7.59. The topological polar surface area (TPSA) is 99.1 Å². The number of methoxy groups -OCH3 is 1. The van der Waals surface area contributed by atoms with E-state index in [0.29, 0.717) is 19.8 Å². The Hall–Kier alpha value is -0.700. The van der Waals surface area contributed by atoms with Gasteiger partial charge in [0, 0.05) is 7.11 Å². The van der Waals surface area contributed by atoms with Gasteiger partial charge >= 0.3 is 5.97 Å². The minimum Gasteiger partial charge on any atom is -0.480 e. The van der Waals surface area contributed by atoms with Crippen molar-refractivity contribution in [1.82, 2.24) is 0 Å². The van der Waals surface area contributed by atoms with Gasteiger partial charge in [0.25, 0.3) is 0 Å². The first-order valence-corrected chi connectivity index (χ1v) is 7.22. The SMILES string of the molecule is COCCOCCOCCS(=O)(=O)C(C)C(=O)O. The second-order valence-electron chi connectivity index (χ2n) is 3.56. The van der Waals surface area contributed by atoms with Gasteiger partial charge in [-0.25, -0.2) is 8.42 Å². The Morgan fingerprint density at radius 1 is 1.11 bits per heavy atom. The van der Waals surface area contributed by atoms with Gasteiger partial charge < -0.3 is 19.3 Å². The maximum absolute atomic E-state index is 11.4. The normalized spacial score (nSPS) is 13.4. The smallest absolute Gasteiger partial charge is 0.321 e. The molecule has 0 heterocycles. The lowest BCUT2D eigenvalue weighted by Gasteiger charge is -2.09. The van der Waals surface area contributed by atoms with E-state index in [2.05, 4.69) is 0 Å². The van der Waals surface area contributed by atoms with E-state index in [-0.39, 0.29) is 19.0 Å². The maximum Gasteiger partial charge on any atom is 0.321 e. The lowest BCUT2D eigenvalue weighted by Crippen LogP contribution is -2.30. The molecule has 0 saturated heterocycles. The lowest BCUT2D eigenvalue weighted by molar-refractivity contribution is -0.136. The molecule has 0 aromatic heterocycles. The fourth-order valence-corrected chi connectivity index (χ4v) is 1.98. The molecule has 18 heavy (non-hydrogen) atoms. The fourth-order valence-electron chi connectivity index (χ4n) is 0.970. The van der Waals surface area contributed by atoms with E-state index in [9.17, 15) is 13.2 Å². The van der Waals surface area contributed by atoms with Crippen LogP contribution in [0.4, 0.5) is 0 Å². The van der Waals surface area contributed by atoms with Gasteiger partial charge in [0.05, 0.1) is 38.8 Å². The Kier molecular flexibility index (Phi) is 8.90. The fraction of sp³-hybridized carbons (Fsp3) is 0.900. The van der Waals surface area contributed by atoms with Crippen molar-refractivity contribution in [2.45, 2.75) is 12.2 Å². The van der Waals surface area contributed by atoms with E-state index < -0.39 is 21.1 Å². The van der Waals surface area contributed by atoms with Crippen LogP contribution >= 0.6 is 0 Å². The first kappa shape index (κ1) is 17.3. The highest BCUT2D eigenvalue weighted by Crippen LogP contribution is 2.02. The van der Waals surface area contributed by atoms with Crippen LogP contribution in [0.25, 0.3) is 0 Å². The number of hydrogen-bond donors (Lipinski definition) is 1. The standard InChI is InChI=1S/C10H20O7S/c1-9(10(11)12)18(13,14)8-7-17-6-5-16-4-3-15-2/h9H,3-8H2,1-2H3,(H,11,12). The summed E-state index contributed by atoms with van der Waals surface area (Å²) < 4.78 is 37.8. The van der Waals surface area contributed by atoms with E-state index in [0.717, 1.165) is 6.92 Å². The van der Waals surface area contributed by atoms with Crippen molar-refractivity contribution in [2.75, 3.05) is 45.9 Å². The number of sulfone groups is 1. The van der Waals surface area contributed by atoms with Crippen LogP contribution in [0.3, 0.4) is 0 Å². The van der Waals surface area contributed by atoms with E-state index in [4.69, 9.17) is 19.3 Å². The van der Waals surface area contributed by atoms with Crippen LogP contribution in [-0.4, -0.2) is 70.6 Å². The minimum atomic E-state index is -3.65. The molecule has 0 aliphatic rings. The lowest BCUT2D eigenvalue weighted by atomic mass is 10.5. The Bertz CT molecular complexity index is 325. The van der Waals surface area contributed by atoms with Gasteiger partial charge in [-0.1, -0.05) is 0 Å². The zero-order valence-corrected chi connectivity index (χ0v) is 11.4. The molecule has 0 spiro atoms. The molecule has 0 rings (SSSR count). The average molecular weight is 284 g/mol. The molecule has 108 valence electrons. The van der Waals surface area contributed by atoms with Gasteiger partial charge in [-0.15, -0.1) is 0 Å². The molecule has 0 aliphatic heterocycles. The predicted octanol–water partition coefficient (Wildman–Crippen LogP) is -0.446. The zero-order chi connectivity index (χ0) is 14.0. The minimum absolute atomic E-state index is 0.0341. The molecule has 1 N–H and O–H groups in total. The number of hydrogen-bond acceptors (Lipinski definition) is 6. The van der Waals surface area contributed by atoms with Gasteiger partial charge in [-0.3, -0.25) is 4.79 Å². The number of rotatable bonds is 11. The average Bonchev–Trinajstić information content (AvgIpc) is 2.31. The number of carboxylic acid groups (broad SMARTS) is 1. The molecule has 8 heteroatoms. The summed E-state index contributed by atoms with van der Waals surface area (Å²) in [6, 6.07) is 0. The molecule has 0 aromatic rings. The second-order valence-corrected chi connectivity index (χ2v) is 6.01. The van der Waals surface area contributed by atoms with Crippen LogP contribution in [0.15, 0.2) is 0 Å². The van der Waals surface area contributed by atoms with E-state index in [1.807, 2.05) is 0 Å². The van der Waals surface area contributed by atoms with Crippen LogP contribution in [-0.2, 0) is 28.8 Å². The van der Waals surface area contributed by atoms with Gasteiger partial charge in [0.15, 0.2) is 15.1 Å². The summed E-state index contributed by atoms with van der Waals surface area (Å²) >= 11 is 0. The number of carbonyl (C=O) groups is 1. The molecule has 0 aromatic carbocycles. The summed E-state index contributed by atoms with van der Waals surface area (Å²) in [6.07, 6.45) is 0. The quantitative estimate of drug-likeness (QED) is 0.513. The molecule has 0 bridgehead atoms. The Morgan fingerprint density at radius 2 is 1.61 bits per heavy atom. The summed E-state index contributed by atoms with van der Waals surface area (Å²) in [4.78, 5) is 10.5. The van der Waals surface area contributed by atoms with Gasteiger partial charge in [0.2, 0.25) is 0 Å². The molecule has 7 nitrogen and oxygen atoms in total. The molecule has 0 radical (unpaired) electrons. The number of carboxylic acids is 1. The van der Waals surface area contributed by atoms with Crippen LogP contribution in [0.2, 0.25) is 0 Å². The summed E-state index contributed by atoms with van der Waals surface area (Å²) in [5, 5.41) is 7.19. The monoisotopic (exact) mass is 284 g/mol. The molecule has 0 fully saturated rings. The van der Waals surface area contributed by atoms with Crippen LogP contribution in [0.1, 0.15) is 6.92 Å². The van der Waals surface area contributed by atoms with Crippen molar-refractivity contribution in [3.8, 4) is 0 Å². The van der Waals surface area contributed by atoms with Gasteiger partial charge in [-0.05, 0) is 6.92 Å². The maximum atomic E-state index is 11.4. The molecule has 0 aliphatic carbocycles. The van der Waals surface area contributed by atoms with Crippen LogP contribution in [0.5, 0.6) is 0 Å². The van der Waals surface area contributed by atoms with Crippen molar-refractivity contribution >= 4 is 15.8 Å². The predicted molar refractivity (Wildman–Crippen MR) is 64.4 cm³/mol. The number of ether oxygens (including phenoxy) is 3. The van der Waals surface area contributed by atoms with Gasteiger partial charge in [0.1, 0.15) is 0 Å². The van der Waals surface area contributed by atoms with E-state index in [1.165, 1.54) is 0 Å². The van der Waals surface area contributed by atoms with Crippen molar-refractivity contribution < 1.29 is 32.5 Å². The molecular formula is C10H20O7S. The van der Waals surface area contributed by atoms with E-state index >= 15 is 0 Å².